The van der Waals surface area contributed by atoms with Gasteiger partial charge in [-0.3, -0.25) is 19.1 Å². The van der Waals surface area contributed by atoms with Crippen LogP contribution in [0.4, 0.5) is 5.69 Å². The number of fused-ring (bicyclic) bond motifs is 1. The van der Waals surface area contributed by atoms with Crippen molar-refractivity contribution in [2.75, 3.05) is 25.0 Å². The molecular weight excluding hydrogens is 418 g/mol. The molecule has 1 aromatic heterocycles. The van der Waals surface area contributed by atoms with Crippen molar-refractivity contribution in [1.82, 2.24) is 19.6 Å². The van der Waals surface area contributed by atoms with Crippen LogP contribution >= 0.6 is 0 Å². The summed E-state index contributed by atoms with van der Waals surface area (Å²) in [6.07, 6.45) is 2.72. The van der Waals surface area contributed by atoms with Crippen molar-refractivity contribution in [2.45, 2.75) is 46.1 Å². The molecule has 8 nitrogen and oxygen atoms in total. The molecule has 0 radical (unpaired) electrons. The zero-order chi connectivity index (χ0) is 23.5. The summed E-state index contributed by atoms with van der Waals surface area (Å²) >= 11 is 0. The van der Waals surface area contributed by atoms with Crippen LogP contribution in [0.1, 0.15) is 54.9 Å². The van der Waals surface area contributed by atoms with Crippen LogP contribution in [0.15, 0.2) is 30.3 Å². The summed E-state index contributed by atoms with van der Waals surface area (Å²) in [4.78, 5) is 42.5. The Bertz CT molecular complexity index is 1030. The van der Waals surface area contributed by atoms with Crippen LogP contribution in [-0.2, 0) is 29.6 Å². The van der Waals surface area contributed by atoms with Crippen LogP contribution in [0.2, 0.25) is 0 Å². The molecular formula is C25H33N5O3. The highest BCUT2D eigenvalue weighted by molar-refractivity contribution is 5.96. The number of piperidine rings is 1. The molecule has 2 aliphatic rings. The van der Waals surface area contributed by atoms with Crippen LogP contribution in [0.25, 0.3) is 0 Å². The van der Waals surface area contributed by atoms with Crippen molar-refractivity contribution in [1.29, 1.82) is 0 Å². The second-order valence-corrected chi connectivity index (χ2v) is 9.51. The molecule has 0 saturated carbocycles. The van der Waals surface area contributed by atoms with Crippen LogP contribution < -0.4 is 5.32 Å². The summed E-state index contributed by atoms with van der Waals surface area (Å²) in [6.45, 7) is 6.12. The van der Waals surface area contributed by atoms with E-state index in [9.17, 15) is 14.4 Å². The third kappa shape index (κ3) is 5.10. The Kier molecular flexibility index (Phi) is 6.81. The molecule has 1 aromatic carbocycles. The standard InChI is InChI=1S/C25H33N5O3/c1-17(2)14-22(31)29-13-11-21-20(16-29)23(27-28(21)3)25(33)30-12-7-8-18(15-30)24(32)26-19-9-5-4-6-10-19/h4-6,9-10,17-18H,7-8,11-16H2,1-3H3,(H,26,32)/t18-/m1/s1. The van der Waals surface area contributed by atoms with E-state index in [0.29, 0.717) is 50.6 Å². The molecule has 3 amide bonds. The highest BCUT2D eigenvalue weighted by atomic mass is 16.2. The SMILES string of the molecule is CC(C)CC(=O)N1CCc2c(c(C(=O)N3CCC[C@@H](C(=O)Nc4ccccc4)C3)nn2C)C1. The lowest BCUT2D eigenvalue weighted by atomic mass is 9.96. The highest BCUT2D eigenvalue weighted by Crippen LogP contribution is 2.26. The number of nitrogens with one attached hydrogen (secondary N) is 1. The third-order valence-corrected chi connectivity index (χ3v) is 6.50. The molecule has 1 saturated heterocycles. The number of hydrogen-bond donors (Lipinski definition) is 1. The lowest BCUT2D eigenvalue weighted by Crippen LogP contribution is -2.44. The quantitative estimate of drug-likeness (QED) is 0.757. The van der Waals surface area contributed by atoms with Gasteiger partial charge in [-0.25, -0.2) is 0 Å². The zero-order valence-electron chi connectivity index (χ0n) is 19.7. The Balaban J connectivity index is 1.47. The Morgan fingerprint density at radius 3 is 2.61 bits per heavy atom. The van der Waals surface area contributed by atoms with Gasteiger partial charge in [0.1, 0.15) is 0 Å². The minimum Gasteiger partial charge on any atom is -0.338 e. The topological polar surface area (TPSA) is 87.5 Å². The molecule has 33 heavy (non-hydrogen) atoms. The number of hydrogen-bond acceptors (Lipinski definition) is 4. The molecule has 0 unspecified atom stereocenters. The first-order valence-electron chi connectivity index (χ1n) is 11.8. The fraction of sp³-hybridized carbons (Fsp3) is 0.520. The van der Waals surface area contributed by atoms with Gasteiger partial charge in [0.2, 0.25) is 11.8 Å². The van der Waals surface area contributed by atoms with Gasteiger partial charge in [-0.15, -0.1) is 0 Å². The zero-order valence-corrected chi connectivity index (χ0v) is 19.7. The second-order valence-electron chi connectivity index (χ2n) is 9.51. The monoisotopic (exact) mass is 451 g/mol. The predicted molar refractivity (Wildman–Crippen MR) is 125 cm³/mol. The molecule has 176 valence electrons. The first-order valence-corrected chi connectivity index (χ1v) is 11.8. The van der Waals surface area contributed by atoms with E-state index in [1.807, 2.05) is 56.1 Å². The van der Waals surface area contributed by atoms with Crippen molar-refractivity contribution in [3.8, 4) is 0 Å². The van der Waals surface area contributed by atoms with E-state index in [0.717, 1.165) is 29.8 Å². The van der Waals surface area contributed by atoms with Gasteiger partial charge in [0.25, 0.3) is 5.91 Å². The predicted octanol–water partition coefficient (Wildman–Crippen LogP) is 2.84. The number of aromatic nitrogens is 2. The molecule has 4 rings (SSSR count). The number of carbonyl (C=O) groups is 3. The summed E-state index contributed by atoms with van der Waals surface area (Å²) < 4.78 is 1.77. The summed E-state index contributed by atoms with van der Waals surface area (Å²) in [5.74, 6) is -0.0595. The average Bonchev–Trinajstić information content (AvgIpc) is 3.14. The summed E-state index contributed by atoms with van der Waals surface area (Å²) in [5, 5.41) is 7.50. The van der Waals surface area contributed by atoms with Crippen LogP contribution in [0, 0.1) is 11.8 Å². The number of rotatable bonds is 5. The van der Waals surface area contributed by atoms with Crippen LogP contribution in [0.3, 0.4) is 0 Å². The maximum Gasteiger partial charge on any atom is 0.274 e. The number of aryl methyl sites for hydroxylation is 1. The normalized spacial score (nSPS) is 18.2. The van der Waals surface area contributed by atoms with Gasteiger partial charge >= 0.3 is 0 Å². The van der Waals surface area contributed by atoms with E-state index < -0.39 is 0 Å². The largest absolute Gasteiger partial charge is 0.338 e. The Morgan fingerprint density at radius 2 is 1.88 bits per heavy atom. The molecule has 1 atom stereocenters. The molecule has 8 heteroatoms. The van der Waals surface area contributed by atoms with Gasteiger partial charge in [0.05, 0.1) is 5.92 Å². The highest BCUT2D eigenvalue weighted by Gasteiger charge is 2.34. The smallest absolute Gasteiger partial charge is 0.274 e. The molecule has 0 spiro atoms. The van der Waals surface area contributed by atoms with Crippen molar-refractivity contribution >= 4 is 23.4 Å². The van der Waals surface area contributed by atoms with E-state index in [4.69, 9.17) is 0 Å². The van der Waals surface area contributed by atoms with E-state index in [-0.39, 0.29) is 23.6 Å². The van der Waals surface area contributed by atoms with E-state index in [1.54, 1.807) is 9.58 Å². The lowest BCUT2D eigenvalue weighted by molar-refractivity contribution is -0.133. The number of carbonyl (C=O) groups excluding carboxylic acids is 3. The molecule has 0 bridgehead atoms. The molecule has 3 heterocycles. The fourth-order valence-electron chi connectivity index (χ4n) is 4.75. The van der Waals surface area contributed by atoms with Gasteiger partial charge in [0.15, 0.2) is 5.69 Å². The maximum atomic E-state index is 13.5. The Hall–Kier alpha value is -3.16. The fourth-order valence-corrected chi connectivity index (χ4v) is 4.75. The maximum absolute atomic E-state index is 13.5. The molecule has 2 aliphatic heterocycles. The van der Waals surface area contributed by atoms with E-state index >= 15 is 0 Å². The van der Waals surface area contributed by atoms with Crippen molar-refractivity contribution in [2.24, 2.45) is 18.9 Å². The number of benzene rings is 1. The minimum atomic E-state index is -0.258. The summed E-state index contributed by atoms with van der Waals surface area (Å²) in [6, 6.07) is 9.38. The van der Waals surface area contributed by atoms with Crippen molar-refractivity contribution < 1.29 is 14.4 Å². The lowest BCUT2D eigenvalue weighted by Gasteiger charge is -2.32. The summed E-state index contributed by atoms with van der Waals surface area (Å²) in [5.41, 5.74) is 3.04. The molecule has 1 fully saturated rings. The van der Waals surface area contributed by atoms with E-state index in [2.05, 4.69) is 10.4 Å². The van der Waals surface area contributed by atoms with Gasteiger partial charge < -0.3 is 15.1 Å². The van der Waals surface area contributed by atoms with Gasteiger partial charge in [-0.05, 0) is 30.9 Å². The number of anilines is 1. The number of likely N-dealkylation sites (tertiary alicyclic amines) is 1. The van der Waals surface area contributed by atoms with Crippen LogP contribution in [-0.4, -0.2) is 56.9 Å². The van der Waals surface area contributed by atoms with Crippen molar-refractivity contribution in [3.05, 3.63) is 47.3 Å². The number of amides is 3. The first kappa shape index (κ1) is 23.0. The first-order chi connectivity index (χ1) is 15.8. The van der Waals surface area contributed by atoms with Gasteiger partial charge in [-0.1, -0.05) is 32.0 Å². The molecule has 2 aromatic rings. The second kappa shape index (κ2) is 9.77. The molecule has 1 N–H and O–H groups in total. The Morgan fingerprint density at radius 1 is 1.12 bits per heavy atom. The van der Waals surface area contributed by atoms with E-state index in [1.165, 1.54) is 0 Å². The minimum absolute atomic E-state index is 0.0628. The van der Waals surface area contributed by atoms with Crippen molar-refractivity contribution in [3.63, 3.8) is 0 Å². The number of para-hydroxylation sites is 1. The summed E-state index contributed by atoms with van der Waals surface area (Å²) in [7, 11) is 1.85. The molecule has 0 aliphatic carbocycles. The Labute approximate surface area is 194 Å². The average molecular weight is 452 g/mol. The number of nitrogens with zero attached hydrogens (tertiary/aromatic N) is 4. The van der Waals surface area contributed by atoms with Gasteiger partial charge in [0, 0.05) is 63.0 Å². The third-order valence-electron chi connectivity index (χ3n) is 6.50. The van der Waals surface area contributed by atoms with Gasteiger partial charge in [-0.2, -0.15) is 5.10 Å². The van der Waals surface area contributed by atoms with Crippen LogP contribution in [0.5, 0.6) is 0 Å².